The molecule has 0 bridgehead atoms. The molecule has 4 rings (SSSR count). The molecule has 3 aromatic rings. The minimum absolute atomic E-state index is 0.0391. The molecule has 1 saturated carbocycles. The molecule has 0 aliphatic heterocycles. The molecule has 8 heteroatoms. The first-order valence-electron chi connectivity index (χ1n) is 10.9. The second-order valence-corrected chi connectivity index (χ2v) is 8.71. The Labute approximate surface area is 192 Å². The van der Waals surface area contributed by atoms with Gasteiger partial charge >= 0.3 is 6.11 Å². The van der Waals surface area contributed by atoms with Crippen LogP contribution in [0.4, 0.5) is 30.7 Å². The van der Waals surface area contributed by atoms with Crippen LogP contribution in [0.1, 0.15) is 49.7 Å². The second-order valence-electron chi connectivity index (χ2n) is 8.71. The van der Waals surface area contributed by atoms with Crippen LogP contribution >= 0.6 is 0 Å². The smallest absolute Gasteiger partial charge is 0.426 e. The molecule has 0 unspecified atom stereocenters. The summed E-state index contributed by atoms with van der Waals surface area (Å²) in [5.74, 6) is -7.01. The number of hydrogen-bond acceptors (Lipinski definition) is 1. The molecule has 1 aliphatic rings. The molecule has 34 heavy (non-hydrogen) atoms. The maximum atomic E-state index is 14.8. The first kappa shape index (κ1) is 24.1. The lowest BCUT2D eigenvalue weighted by atomic mass is 9.79. The molecule has 0 atom stereocenters. The zero-order valence-electron chi connectivity index (χ0n) is 18.2. The van der Waals surface area contributed by atoms with E-state index in [9.17, 15) is 30.7 Å². The quantitative estimate of drug-likeness (QED) is 0.262. The standard InChI is InChI=1S/C26H21F7O/c1-14-2-4-15(5-3-14)17-10-20(27)24(21(28)11-17)16-6-8-18(9-7-16)26(32,33)34-19-12-22(29)25(31)23(30)13-19/h6-15H,2-5H2,1H3. The van der Waals surface area contributed by atoms with Crippen molar-refractivity contribution in [3.63, 3.8) is 0 Å². The number of halogens is 7. The minimum Gasteiger partial charge on any atom is -0.429 e. The van der Waals surface area contributed by atoms with Crippen LogP contribution in [0.2, 0.25) is 0 Å². The van der Waals surface area contributed by atoms with Gasteiger partial charge in [0.05, 0.1) is 11.1 Å². The molecule has 0 spiro atoms. The van der Waals surface area contributed by atoms with E-state index in [0.717, 1.165) is 49.9 Å². The van der Waals surface area contributed by atoms with Crippen molar-refractivity contribution in [3.05, 3.63) is 88.7 Å². The number of hydrogen-bond donors (Lipinski definition) is 0. The summed E-state index contributed by atoms with van der Waals surface area (Å²) in [6.45, 7) is 2.15. The average molecular weight is 482 g/mol. The Bertz CT molecular complexity index is 1140. The fraction of sp³-hybridized carbons (Fsp3) is 0.308. The molecule has 0 N–H and O–H groups in total. The van der Waals surface area contributed by atoms with Gasteiger partial charge in [-0.2, -0.15) is 8.78 Å². The van der Waals surface area contributed by atoms with Crippen LogP contribution in [0.15, 0.2) is 48.5 Å². The van der Waals surface area contributed by atoms with Gasteiger partial charge in [-0.05, 0) is 60.1 Å². The van der Waals surface area contributed by atoms with Crippen molar-refractivity contribution in [1.29, 1.82) is 0 Å². The SMILES string of the molecule is CC1CCC(c2cc(F)c(-c3ccc(C(F)(F)Oc4cc(F)c(F)c(F)c4)cc3)c(F)c2)CC1. The highest BCUT2D eigenvalue weighted by atomic mass is 19.3. The highest BCUT2D eigenvalue weighted by Gasteiger charge is 2.35. The molecule has 0 aromatic heterocycles. The van der Waals surface area contributed by atoms with Crippen molar-refractivity contribution in [1.82, 2.24) is 0 Å². The monoisotopic (exact) mass is 482 g/mol. The van der Waals surface area contributed by atoms with Gasteiger partial charge in [0.15, 0.2) is 17.5 Å². The van der Waals surface area contributed by atoms with Gasteiger partial charge in [0.1, 0.15) is 17.4 Å². The zero-order valence-corrected chi connectivity index (χ0v) is 18.2. The molecule has 3 aromatic carbocycles. The van der Waals surface area contributed by atoms with E-state index in [1.165, 1.54) is 12.1 Å². The summed E-state index contributed by atoms with van der Waals surface area (Å²) in [5, 5.41) is 0. The summed E-state index contributed by atoms with van der Waals surface area (Å²) < 4.78 is 103. The average Bonchev–Trinajstić information content (AvgIpc) is 2.77. The maximum absolute atomic E-state index is 14.8. The van der Waals surface area contributed by atoms with Gasteiger partial charge in [-0.1, -0.05) is 31.9 Å². The van der Waals surface area contributed by atoms with E-state index >= 15 is 0 Å². The van der Waals surface area contributed by atoms with Crippen molar-refractivity contribution in [3.8, 4) is 16.9 Å². The molecule has 0 amide bonds. The van der Waals surface area contributed by atoms with E-state index < -0.39 is 46.5 Å². The zero-order chi connectivity index (χ0) is 24.6. The Morgan fingerprint density at radius 1 is 0.735 bits per heavy atom. The summed E-state index contributed by atoms with van der Waals surface area (Å²) in [6, 6.07) is 7.15. The molecule has 1 aliphatic carbocycles. The van der Waals surface area contributed by atoms with E-state index in [1.807, 2.05) is 0 Å². The fourth-order valence-electron chi connectivity index (χ4n) is 4.33. The van der Waals surface area contributed by atoms with Crippen LogP contribution in [0, 0.1) is 35.0 Å². The number of benzene rings is 3. The Kier molecular flexibility index (Phi) is 6.60. The Balaban J connectivity index is 1.56. The van der Waals surface area contributed by atoms with E-state index in [0.29, 0.717) is 23.6 Å². The maximum Gasteiger partial charge on any atom is 0.426 e. The lowest BCUT2D eigenvalue weighted by Gasteiger charge is -2.26. The van der Waals surface area contributed by atoms with Gasteiger partial charge in [0.25, 0.3) is 0 Å². The predicted octanol–water partition coefficient (Wildman–Crippen LogP) is 8.47. The van der Waals surface area contributed by atoms with Gasteiger partial charge in [-0.3, -0.25) is 0 Å². The van der Waals surface area contributed by atoms with Crippen molar-refractivity contribution in [2.24, 2.45) is 5.92 Å². The summed E-state index contributed by atoms with van der Waals surface area (Å²) in [7, 11) is 0. The van der Waals surface area contributed by atoms with Gasteiger partial charge in [0, 0.05) is 12.1 Å². The van der Waals surface area contributed by atoms with Gasteiger partial charge < -0.3 is 4.74 Å². The lowest BCUT2D eigenvalue weighted by molar-refractivity contribution is -0.185. The molecule has 0 saturated heterocycles. The van der Waals surface area contributed by atoms with E-state index in [2.05, 4.69) is 11.7 Å². The van der Waals surface area contributed by atoms with Crippen molar-refractivity contribution in [2.75, 3.05) is 0 Å². The van der Waals surface area contributed by atoms with E-state index in [1.54, 1.807) is 0 Å². The largest absolute Gasteiger partial charge is 0.429 e. The molecule has 1 fully saturated rings. The van der Waals surface area contributed by atoms with E-state index in [-0.39, 0.29) is 17.0 Å². The van der Waals surface area contributed by atoms with Gasteiger partial charge in [-0.15, -0.1) is 0 Å². The third-order valence-electron chi connectivity index (χ3n) is 6.26. The van der Waals surface area contributed by atoms with Crippen molar-refractivity contribution in [2.45, 2.75) is 44.6 Å². The lowest BCUT2D eigenvalue weighted by Crippen LogP contribution is -2.22. The summed E-state index contributed by atoms with van der Waals surface area (Å²) in [5.41, 5.74) is -0.445. The number of rotatable bonds is 5. The molecule has 0 heterocycles. The molecule has 1 nitrogen and oxygen atoms in total. The van der Waals surface area contributed by atoms with E-state index in [4.69, 9.17) is 0 Å². The number of alkyl halides is 2. The topological polar surface area (TPSA) is 9.23 Å². The Hall–Kier alpha value is -3.03. The van der Waals surface area contributed by atoms with Crippen LogP contribution in [-0.2, 0) is 6.11 Å². The normalized spacial score (nSPS) is 18.7. The Morgan fingerprint density at radius 3 is 1.79 bits per heavy atom. The van der Waals surface area contributed by atoms with Gasteiger partial charge in [0.2, 0.25) is 0 Å². The molecule has 180 valence electrons. The van der Waals surface area contributed by atoms with Crippen LogP contribution in [0.5, 0.6) is 5.75 Å². The van der Waals surface area contributed by atoms with Crippen LogP contribution in [0.3, 0.4) is 0 Å². The molecular formula is C26H21F7O. The van der Waals surface area contributed by atoms with Gasteiger partial charge in [-0.25, -0.2) is 22.0 Å². The third-order valence-corrected chi connectivity index (χ3v) is 6.26. The number of ether oxygens (including phenoxy) is 1. The predicted molar refractivity (Wildman–Crippen MR) is 113 cm³/mol. The minimum atomic E-state index is -4.05. The van der Waals surface area contributed by atoms with Crippen LogP contribution < -0.4 is 4.74 Å². The Morgan fingerprint density at radius 2 is 1.26 bits per heavy atom. The van der Waals surface area contributed by atoms with Crippen molar-refractivity contribution >= 4 is 0 Å². The summed E-state index contributed by atoms with van der Waals surface area (Å²) >= 11 is 0. The molecule has 0 radical (unpaired) electrons. The fourth-order valence-corrected chi connectivity index (χ4v) is 4.33. The van der Waals surface area contributed by atoms with Crippen LogP contribution in [-0.4, -0.2) is 0 Å². The van der Waals surface area contributed by atoms with Crippen molar-refractivity contribution < 1.29 is 35.5 Å². The second kappa shape index (κ2) is 9.31. The summed E-state index contributed by atoms with van der Waals surface area (Å²) in [4.78, 5) is 0. The van der Waals surface area contributed by atoms with Crippen LogP contribution in [0.25, 0.3) is 11.1 Å². The first-order valence-corrected chi connectivity index (χ1v) is 10.9. The summed E-state index contributed by atoms with van der Waals surface area (Å²) in [6.07, 6.45) is -0.362. The highest BCUT2D eigenvalue weighted by molar-refractivity contribution is 5.66. The third kappa shape index (κ3) is 4.91. The highest BCUT2D eigenvalue weighted by Crippen LogP contribution is 2.39. The first-order chi connectivity index (χ1) is 16.0. The molecular weight excluding hydrogens is 461 g/mol.